The average molecular weight is 397 g/mol. The van der Waals surface area contributed by atoms with Gasteiger partial charge in [0, 0.05) is 18.8 Å². The van der Waals surface area contributed by atoms with Crippen LogP contribution >= 0.6 is 0 Å². The SMILES string of the molecule is CCCCN(C(=O)OC(C)(C)C)[C@H](C)c1ccc(C)c(NCc2ccccc2)c1. The molecule has 0 spiro atoms. The fourth-order valence-corrected chi connectivity index (χ4v) is 3.16. The number of carbonyl (C=O) groups excluding carboxylic acids is 1. The van der Waals surface area contributed by atoms with E-state index >= 15 is 0 Å². The first-order chi connectivity index (χ1) is 13.7. The van der Waals surface area contributed by atoms with Crippen LogP contribution in [0.2, 0.25) is 0 Å². The zero-order chi connectivity index (χ0) is 21.4. The van der Waals surface area contributed by atoms with Crippen LogP contribution in [0.25, 0.3) is 0 Å². The highest BCUT2D eigenvalue weighted by Crippen LogP contribution is 2.27. The second-order valence-corrected chi connectivity index (χ2v) is 8.62. The van der Waals surface area contributed by atoms with Gasteiger partial charge in [-0.1, -0.05) is 55.8 Å². The number of hydrogen-bond acceptors (Lipinski definition) is 3. The van der Waals surface area contributed by atoms with Crippen LogP contribution in [0.3, 0.4) is 0 Å². The Bertz CT molecular complexity index is 781. The lowest BCUT2D eigenvalue weighted by molar-refractivity contribution is 0.0170. The number of nitrogens with one attached hydrogen (secondary N) is 1. The summed E-state index contributed by atoms with van der Waals surface area (Å²) in [5, 5.41) is 3.54. The Morgan fingerprint density at radius 3 is 2.45 bits per heavy atom. The fourth-order valence-electron chi connectivity index (χ4n) is 3.16. The van der Waals surface area contributed by atoms with Gasteiger partial charge in [0.15, 0.2) is 0 Å². The molecular weight excluding hydrogens is 360 g/mol. The van der Waals surface area contributed by atoms with E-state index in [1.54, 1.807) is 0 Å². The van der Waals surface area contributed by atoms with Crippen molar-refractivity contribution in [2.75, 3.05) is 11.9 Å². The molecule has 0 aliphatic heterocycles. The molecular formula is C25H36N2O2. The van der Waals surface area contributed by atoms with Crippen molar-refractivity contribution in [3.8, 4) is 0 Å². The second kappa shape index (κ2) is 10.3. The molecule has 0 bridgehead atoms. The molecule has 2 aromatic carbocycles. The molecule has 0 fully saturated rings. The van der Waals surface area contributed by atoms with Gasteiger partial charge in [-0.2, -0.15) is 0 Å². The second-order valence-electron chi connectivity index (χ2n) is 8.62. The van der Waals surface area contributed by atoms with Gasteiger partial charge >= 0.3 is 6.09 Å². The fraction of sp³-hybridized carbons (Fsp3) is 0.480. The van der Waals surface area contributed by atoms with E-state index in [2.05, 4.69) is 68.6 Å². The van der Waals surface area contributed by atoms with E-state index in [4.69, 9.17) is 4.74 Å². The molecule has 1 N–H and O–H groups in total. The normalized spacial score (nSPS) is 12.3. The Hall–Kier alpha value is -2.49. The molecule has 0 saturated carbocycles. The van der Waals surface area contributed by atoms with Crippen molar-refractivity contribution in [3.63, 3.8) is 0 Å². The molecule has 29 heavy (non-hydrogen) atoms. The van der Waals surface area contributed by atoms with E-state index in [0.717, 1.165) is 30.6 Å². The highest BCUT2D eigenvalue weighted by Gasteiger charge is 2.26. The molecule has 158 valence electrons. The van der Waals surface area contributed by atoms with E-state index < -0.39 is 5.60 Å². The highest BCUT2D eigenvalue weighted by atomic mass is 16.6. The molecule has 0 unspecified atom stereocenters. The Balaban J connectivity index is 2.19. The van der Waals surface area contributed by atoms with Crippen LogP contribution in [0.1, 0.15) is 70.2 Å². The summed E-state index contributed by atoms with van der Waals surface area (Å²) in [4.78, 5) is 14.7. The third kappa shape index (κ3) is 7.12. The van der Waals surface area contributed by atoms with E-state index in [9.17, 15) is 4.79 Å². The maximum Gasteiger partial charge on any atom is 0.410 e. The van der Waals surface area contributed by atoms with Crippen molar-refractivity contribution < 1.29 is 9.53 Å². The van der Waals surface area contributed by atoms with Crippen molar-refractivity contribution in [2.24, 2.45) is 0 Å². The lowest BCUT2D eigenvalue weighted by Crippen LogP contribution is -2.39. The van der Waals surface area contributed by atoms with Crippen molar-refractivity contribution in [1.29, 1.82) is 0 Å². The average Bonchev–Trinajstić information content (AvgIpc) is 2.67. The van der Waals surface area contributed by atoms with E-state index in [-0.39, 0.29) is 12.1 Å². The number of nitrogens with zero attached hydrogens (tertiary/aromatic N) is 1. The van der Waals surface area contributed by atoms with Gasteiger partial charge in [-0.3, -0.25) is 0 Å². The molecule has 1 atom stereocenters. The standard InChI is InChI=1S/C25H36N2O2/c1-7-8-16-27(24(28)29-25(4,5)6)20(3)22-15-14-19(2)23(17-22)26-18-21-12-10-9-11-13-21/h9-15,17,20,26H,7-8,16,18H2,1-6H3/t20-/m1/s1. The van der Waals surface area contributed by atoms with Crippen molar-refractivity contribution in [3.05, 3.63) is 65.2 Å². The van der Waals surface area contributed by atoms with E-state index in [0.29, 0.717) is 6.54 Å². The van der Waals surface area contributed by atoms with Crippen LogP contribution in [-0.4, -0.2) is 23.1 Å². The summed E-state index contributed by atoms with van der Waals surface area (Å²) in [5.41, 5.74) is 4.13. The Morgan fingerprint density at radius 1 is 1.14 bits per heavy atom. The van der Waals surface area contributed by atoms with Crippen LogP contribution in [0.5, 0.6) is 0 Å². The first-order valence-corrected chi connectivity index (χ1v) is 10.6. The molecule has 0 aromatic heterocycles. The summed E-state index contributed by atoms with van der Waals surface area (Å²) >= 11 is 0. The van der Waals surface area contributed by atoms with Gasteiger partial charge in [0.2, 0.25) is 0 Å². The highest BCUT2D eigenvalue weighted by molar-refractivity contribution is 5.69. The molecule has 0 aliphatic rings. The van der Waals surface area contributed by atoms with Gasteiger partial charge in [-0.25, -0.2) is 4.79 Å². The topological polar surface area (TPSA) is 41.6 Å². The minimum atomic E-state index is -0.503. The van der Waals surface area contributed by atoms with Crippen LogP contribution < -0.4 is 5.32 Å². The summed E-state index contributed by atoms with van der Waals surface area (Å²) in [5.74, 6) is 0. The maximum atomic E-state index is 12.8. The lowest BCUT2D eigenvalue weighted by atomic mass is 10.0. The Morgan fingerprint density at radius 2 is 1.83 bits per heavy atom. The van der Waals surface area contributed by atoms with E-state index in [1.165, 1.54) is 11.1 Å². The van der Waals surface area contributed by atoms with Crippen LogP contribution in [-0.2, 0) is 11.3 Å². The summed E-state index contributed by atoms with van der Waals surface area (Å²) < 4.78 is 5.67. The maximum absolute atomic E-state index is 12.8. The van der Waals surface area contributed by atoms with E-state index in [1.807, 2.05) is 31.7 Å². The number of anilines is 1. The molecule has 2 rings (SSSR count). The van der Waals surface area contributed by atoms with Crippen molar-refractivity contribution >= 4 is 11.8 Å². The zero-order valence-electron chi connectivity index (χ0n) is 18.8. The number of ether oxygens (including phenoxy) is 1. The Kier molecular flexibility index (Phi) is 8.12. The number of benzene rings is 2. The summed E-state index contributed by atoms with van der Waals surface area (Å²) in [6.45, 7) is 13.5. The molecule has 1 amide bonds. The van der Waals surface area contributed by atoms with Gasteiger partial charge in [-0.15, -0.1) is 0 Å². The van der Waals surface area contributed by atoms with Gasteiger partial charge < -0.3 is 15.0 Å². The monoisotopic (exact) mass is 396 g/mol. The van der Waals surface area contributed by atoms with Gasteiger partial charge in [0.1, 0.15) is 5.60 Å². The van der Waals surface area contributed by atoms with Crippen LogP contribution in [0.15, 0.2) is 48.5 Å². The zero-order valence-corrected chi connectivity index (χ0v) is 18.8. The van der Waals surface area contributed by atoms with Crippen molar-refractivity contribution in [2.45, 2.75) is 72.6 Å². The third-order valence-corrected chi connectivity index (χ3v) is 4.92. The van der Waals surface area contributed by atoms with Gasteiger partial charge in [0.05, 0.1) is 6.04 Å². The smallest absolute Gasteiger partial charge is 0.410 e. The number of amides is 1. The van der Waals surface area contributed by atoms with Gasteiger partial charge in [0.25, 0.3) is 0 Å². The van der Waals surface area contributed by atoms with Gasteiger partial charge in [-0.05, 0) is 63.8 Å². The summed E-state index contributed by atoms with van der Waals surface area (Å²) in [6.07, 6.45) is 1.73. The molecule has 0 saturated heterocycles. The minimum Gasteiger partial charge on any atom is -0.444 e. The van der Waals surface area contributed by atoms with Crippen molar-refractivity contribution in [1.82, 2.24) is 4.90 Å². The largest absolute Gasteiger partial charge is 0.444 e. The first kappa shape index (κ1) is 22.8. The predicted octanol–water partition coefficient (Wildman–Crippen LogP) is 6.71. The summed E-state index contributed by atoms with van der Waals surface area (Å²) in [7, 11) is 0. The number of hydrogen-bond donors (Lipinski definition) is 1. The molecule has 0 radical (unpaired) electrons. The molecule has 0 heterocycles. The first-order valence-electron chi connectivity index (χ1n) is 10.6. The van der Waals surface area contributed by atoms with Crippen LogP contribution in [0.4, 0.5) is 10.5 Å². The third-order valence-electron chi connectivity index (χ3n) is 4.92. The minimum absolute atomic E-state index is 0.0609. The number of carbonyl (C=O) groups is 1. The molecule has 0 aliphatic carbocycles. The molecule has 4 nitrogen and oxygen atoms in total. The number of aryl methyl sites for hydroxylation is 1. The quantitative estimate of drug-likeness (QED) is 0.539. The number of unbranched alkanes of at least 4 members (excludes halogenated alkanes) is 1. The summed E-state index contributed by atoms with van der Waals surface area (Å²) in [6, 6.07) is 16.7. The molecule has 2 aromatic rings. The molecule has 4 heteroatoms. The predicted molar refractivity (Wildman–Crippen MR) is 121 cm³/mol. The Labute approximate surface area is 176 Å². The lowest BCUT2D eigenvalue weighted by Gasteiger charge is -2.32. The van der Waals surface area contributed by atoms with Crippen LogP contribution in [0, 0.1) is 6.92 Å². The number of rotatable bonds is 8.